The van der Waals surface area contributed by atoms with Crippen LogP contribution in [-0.2, 0) is 4.79 Å². The molecule has 0 saturated carbocycles. The molecule has 1 heterocycles. The summed E-state index contributed by atoms with van der Waals surface area (Å²) in [5, 5.41) is 6.21. The van der Waals surface area contributed by atoms with Gasteiger partial charge in [0.05, 0.1) is 0 Å². The van der Waals surface area contributed by atoms with Crippen molar-refractivity contribution in [2.75, 3.05) is 11.9 Å². The number of rotatable bonds is 4. The van der Waals surface area contributed by atoms with E-state index in [1.165, 1.54) is 0 Å². The van der Waals surface area contributed by atoms with Crippen LogP contribution >= 0.6 is 15.9 Å². The van der Waals surface area contributed by atoms with Crippen LogP contribution in [0.2, 0.25) is 0 Å². The number of fused-ring (bicyclic) bond motifs is 1. The maximum absolute atomic E-state index is 11.9. The van der Waals surface area contributed by atoms with E-state index >= 15 is 0 Å². The van der Waals surface area contributed by atoms with E-state index in [0.717, 1.165) is 28.7 Å². The standard InChI is InChI=1S/C13H17BrN2O/c1-8(2)6-7-15-12-11-9(14)4-3-5-10(11)16-13(12)17/h3-5,8,12,15H,6-7H2,1-2H3,(H,16,17). The fourth-order valence-electron chi connectivity index (χ4n) is 1.99. The summed E-state index contributed by atoms with van der Waals surface area (Å²) in [5.74, 6) is 0.682. The lowest BCUT2D eigenvalue weighted by Gasteiger charge is -2.13. The highest BCUT2D eigenvalue weighted by Crippen LogP contribution is 2.36. The van der Waals surface area contributed by atoms with Gasteiger partial charge in [-0.3, -0.25) is 4.79 Å². The molecule has 4 heteroatoms. The van der Waals surface area contributed by atoms with Gasteiger partial charge in [-0.1, -0.05) is 35.8 Å². The van der Waals surface area contributed by atoms with E-state index in [-0.39, 0.29) is 11.9 Å². The van der Waals surface area contributed by atoms with Gasteiger partial charge in [-0.25, -0.2) is 0 Å². The van der Waals surface area contributed by atoms with Gasteiger partial charge in [0.2, 0.25) is 5.91 Å². The maximum atomic E-state index is 11.9. The van der Waals surface area contributed by atoms with Gasteiger partial charge in [0.15, 0.2) is 0 Å². The quantitative estimate of drug-likeness (QED) is 0.896. The molecule has 1 aromatic rings. The Morgan fingerprint density at radius 2 is 2.24 bits per heavy atom. The summed E-state index contributed by atoms with van der Waals surface area (Å²) in [6.07, 6.45) is 1.07. The predicted molar refractivity (Wildman–Crippen MR) is 73.0 cm³/mol. The van der Waals surface area contributed by atoms with Crippen LogP contribution in [0.15, 0.2) is 22.7 Å². The van der Waals surface area contributed by atoms with Crippen LogP contribution in [0.25, 0.3) is 0 Å². The van der Waals surface area contributed by atoms with Gasteiger partial charge in [0.1, 0.15) is 6.04 Å². The van der Waals surface area contributed by atoms with Crippen molar-refractivity contribution in [1.29, 1.82) is 0 Å². The molecule has 0 aliphatic carbocycles. The van der Waals surface area contributed by atoms with Crippen LogP contribution in [0.4, 0.5) is 5.69 Å². The van der Waals surface area contributed by atoms with Gasteiger partial charge in [-0.2, -0.15) is 0 Å². The molecule has 0 aromatic heterocycles. The number of nitrogens with one attached hydrogen (secondary N) is 2. The molecule has 2 N–H and O–H groups in total. The van der Waals surface area contributed by atoms with E-state index in [4.69, 9.17) is 0 Å². The van der Waals surface area contributed by atoms with Crippen molar-refractivity contribution in [3.05, 3.63) is 28.2 Å². The first-order valence-electron chi connectivity index (χ1n) is 5.92. The number of hydrogen-bond acceptors (Lipinski definition) is 2. The molecule has 1 amide bonds. The van der Waals surface area contributed by atoms with Gasteiger partial charge in [0, 0.05) is 15.7 Å². The van der Waals surface area contributed by atoms with Crippen molar-refractivity contribution in [3.63, 3.8) is 0 Å². The number of carbonyl (C=O) groups excluding carboxylic acids is 1. The number of amides is 1. The van der Waals surface area contributed by atoms with Crippen LogP contribution < -0.4 is 10.6 Å². The Morgan fingerprint density at radius 3 is 2.94 bits per heavy atom. The topological polar surface area (TPSA) is 41.1 Å². The maximum Gasteiger partial charge on any atom is 0.246 e. The molecule has 1 aromatic carbocycles. The summed E-state index contributed by atoms with van der Waals surface area (Å²) in [6, 6.07) is 5.61. The molecule has 0 spiro atoms. The normalized spacial score (nSPS) is 18.4. The van der Waals surface area contributed by atoms with E-state index in [1.54, 1.807) is 0 Å². The summed E-state index contributed by atoms with van der Waals surface area (Å²) in [5.41, 5.74) is 1.94. The molecule has 0 fully saturated rings. The molecule has 92 valence electrons. The van der Waals surface area contributed by atoms with Crippen molar-refractivity contribution in [1.82, 2.24) is 5.32 Å². The number of halogens is 1. The Balaban J connectivity index is 2.11. The summed E-state index contributed by atoms with van der Waals surface area (Å²) in [4.78, 5) is 11.9. The van der Waals surface area contributed by atoms with Gasteiger partial charge in [0.25, 0.3) is 0 Å². The number of carbonyl (C=O) groups is 1. The average Bonchev–Trinajstić information content (AvgIpc) is 2.56. The molecule has 2 rings (SSSR count). The molecular weight excluding hydrogens is 280 g/mol. The van der Waals surface area contributed by atoms with E-state index in [9.17, 15) is 4.79 Å². The van der Waals surface area contributed by atoms with Gasteiger partial charge in [-0.15, -0.1) is 0 Å². The van der Waals surface area contributed by atoms with Crippen LogP contribution in [0.5, 0.6) is 0 Å². The van der Waals surface area contributed by atoms with Gasteiger partial charge in [-0.05, 0) is 31.0 Å². The molecule has 1 unspecified atom stereocenters. The van der Waals surface area contributed by atoms with Crippen LogP contribution in [0, 0.1) is 5.92 Å². The van der Waals surface area contributed by atoms with Gasteiger partial charge >= 0.3 is 0 Å². The molecule has 0 radical (unpaired) electrons. The van der Waals surface area contributed by atoms with Crippen molar-refractivity contribution in [2.24, 2.45) is 5.92 Å². The summed E-state index contributed by atoms with van der Waals surface area (Å²) in [7, 11) is 0. The van der Waals surface area contributed by atoms with Crippen LogP contribution in [0.1, 0.15) is 31.9 Å². The third kappa shape index (κ3) is 2.69. The molecule has 1 aliphatic heterocycles. The monoisotopic (exact) mass is 296 g/mol. The number of benzene rings is 1. The van der Waals surface area contributed by atoms with E-state index < -0.39 is 0 Å². The van der Waals surface area contributed by atoms with Crippen molar-refractivity contribution in [3.8, 4) is 0 Å². The Kier molecular flexibility index (Phi) is 3.84. The zero-order valence-electron chi connectivity index (χ0n) is 10.1. The molecule has 1 aliphatic rings. The first-order valence-corrected chi connectivity index (χ1v) is 6.71. The lowest BCUT2D eigenvalue weighted by molar-refractivity contribution is -0.117. The van der Waals surface area contributed by atoms with Gasteiger partial charge < -0.3 is 10.6 Å². The summed E-state index contributed by atoms with van der Waals surface area (Å²) < 4.78 is 0.982. The molecule has 3 nitrogen and oxygen atoms in total. The number of anilines is 1. The highest BCUT2D eigenvalue weighted by atomic mass is 79.9. The SMILES string of the molecule is CC(C)CCNC1C(=O)Nc2cccc(Br)c21. The lowest BCUT2D eigenvalue weighted by Crippen LogP contribution is -2.29. The van der Waals surface area contributed by atoms with Crippen LogP contribution in [0.3, 0.4) is 0 Å². The summed E-state index contributed by atoms with van der Waals surface area (Å²) >= 11 is 3.50. The minimum atomic E-state index is -0.223. The third-order valence-corrected chi connectivity index (χ3v) is 3.62. The molecule has 17 heavy (non-hydrogen) atoms. The van der Waals surface area contributed by atoms with Crippen molar-refractivity contribution < 1.29 is 4.79 Å². The number of hydrogen-bond donors (Lipinski definition) is 2. The fraction of sp³-hybridized carbons (Fsp3) is 0.462. The Morgan fingerprint density at radius 1 is 1.47 bits per heavy atom. The fourth-order valence-corrected chi connectivity index (χ4v) is 2.58. The third-order valence-electron chi connectivity index (χ3n) is 2.93. The van der Waals surface area contributed by atoms with E-state index in [0.29, 0.717) is 5.92 Å². The second-order valence-electron chi connectivity index (χ2n) is 4.76. The second-order valence-corrected chi connectivity index (χ2v) is 5.61. The predicted octanol–water partition coefficient (Wildman–Crippen LogP) is 3.08. The van der Waals surface area contributed by atoms with Crippen molar-refractivity contribution in [2.45, 2.75) is 26.3 Å². The minimum Gasteiger partial charge on any atom is -0.324 e. The molecule has 0 saturated heterocycles. The first kappa shape index (κ1) is 12.6. The first-order chi connectivity index (χ1) is 8.09. The lowest BCUT2D eigenvalue weighted by atomic mass is 10.1. The molecule has 0 bridgehead atoms. The van der Waals surface area contributed by atoms with Crippen molar-refractivity contribution >= 4 is 27.5 Å². The second kappa shape index (κ2) is 5.19. The Bertz CT molecular complexity index is 431. The Labute approximate surface area is 110 Å². The molecular formula is C13H17BrN2O. The average molecular weight is 297 g/mol. The zero-order valence-corrected chi connectivity index (χ0v) is 11.7. The Hall–Kier alpha value is -0.870. The highest BCUT2D eigenvalue weighted by molar-refractivity contribution is 9.10. The molecule has 1 atom stereocenters. The minimum absolute atomic E-state index is 0.0376. The smallest absolute Gasteiger partial charge is 0.246 e. The summed E-state index contributed by atoms with van der Waals surface area (Å²) in [6.45, 7) is 5.22. The largest absolute Gasteiger partial charge is 0.324 e. The zero-order chi connectivity index (χ0) is 12.4. The van der Waals surface area contributed by atoms with Crippen LogP contribution in [-0.4, -0.2) is 12.5 Å². The van der Waals surface area contributed by atoms with E-state index in [1.807, 2.05) is 18.2 Å². The highest BCUT2D eigenvalue weighted by Gasteiger charge is 2.31. The van der Waals surface area contributed by atoms with E-state index in [2.05, 4.69) is 40.4 Å².